The number of nitrogens with zero attached hydrogens (tertiary/aromatic N) is 1. The molecule has 2 aromatic rings. The summed E-state index contributed by atoms with van der Waals surface area (Å²) >= 11 is 0. The number of para-hydroxylation sites is 1. The molecule has 1 aliphatic heterocycles. The van der Waals surface area contributed by atoms with Crippen molar-refractivity contribution < 1.29 is 9.47 Å². The summed E-state index contributed by atoms with van der Waals surface area (Å²) in [5.41, 5.74) is 2.39. The molecule has 0 saturated heterocycles. The average molecular weight is 308 g/mol. The molecule has 4 heteroatoms. The van der Waals surface area contributed by atoms with Crippen molar-refractivity contribution in [3.63, 3.8) is 0 Å². The first kappa shape index (κ1) is 15.4. The lowest BCUT2D eigenvalue weighted by Crippen LogP contribution is -2.21. The zero-order valence-electron chi connectivity index (χ0n) is 13.0. The van der Waals surface area contributed by atoms with Crippen LogP contribution in [0.5, 0.6) is 11.5 Å². The van der Waals surface area contributed by atoms with Crippen LogP contribution in [0.3, 0.4) is 0 Å². The molecule has 0 aromatic heterocycles. The van der Waals surface area contributed by atoms with Crippen LogP contribution in [0.25, 0.3) is 0 Å². The summed E-state index contributed by atoms with van der Waals surface area (Å²) in [6.07, 6.45) is 1.29. The van der Waals surface area contributed by atoms with Gasteiger partial charge in [-0.25, -0.2) is 0 Å². The van der Waals surface area contributed by atoms with Crippen LogP contribution >= 0.6 is 0 Å². The van der Waals surface area contributed by atoms with E-state index in [9.17, 15) is 0 Å². The molecule has 1 aliphatic rings. The molecule has 0 fully saturated rings. The molecule has 0 spiro atoms. The fourth-order valence-electron chi connectivity index (χ4n) is 2.66. The number of fused-ring (bicyclic) bond motifs is 1. The molecule has 0 amide bonds. The van der Waals surface area contributed by atoms with Gasteiger partial charge in [-0.2, -0.15) is 5.26 Å². The van der Waals surface area contributed by atoms with Crippen molar-refractivity contribution in [3.8, 4) is 17.6 Å². The maximum absolute atomic E-state index is 8.53. The summed E-state index contributed by atoms with van der Waals surface area (Å²) in [4.78, 5) is 0. The Kier molecular flexibility index (Phi) is 5.13. The highest BCUT2D eigenvalue weighted by Gasteiger charge is 2.22. The first-order valence-corrected chi connectivity index (χ1v) is 7.90. The Labute approximate surface area is 136 Å². The van der Waals surface area contributed by atoms with Crippen LogP contribution in [-0.2, 0) is 6.54 Å². The number of hydrogen-bond donors (Lipinski definition) is 1. The predicted molar refractivity (Wildman–Crippen MR) is 88.3 cm³/mol. The van der Waals surface area contributed by atoms with Gasteiger partial charge in [-0.3, -0.25) is 0 Å². The van der Waals surface area contributed by atoms with Crippen molar-refractivity contribution in [1.82, 2.24) is 5.32 Å². The number of hydrogen-bond acceptors (Lipinski definition) is 4. The third kappa shape index (κ3) is 4.02. The van der Waals surface area contributed by atoms with E-state index >= 15 is 0 Å². The monoisotopic (exact) mass is 308 g/mol. The highest BCUT2D eigenvalue weighted by molar-refractivity contribution is 5.39. The molecule has 0 radical (unpaired) electrons. The van der Waals surface area contributed by atoms with Crippen LogP contribution in [-0.4, -0.2) is 13.2 Å². The van der Waals surface area contributed by atoms with E-state index in [4.69, 9.17) is 14.7 Å². The molecule has 1 N–H and O–H groups in total. The van der Waals surface area contributed by atoms with Crippen molar-refractivity contribution in [1.29, 1.82) is 5.26 Å². The lowest BCUT2D eigenvalue weighted by atomic mass is 10.1. The Bertz CT molecular complexity index is 694. The summed E-state index contributed by atoms with van der Waals surface area (Å²) in [7, 11) is 0. The molecule has 118 valence electrons. The van der Waals surface area contributed by atoms with Gasteiger partial charge >= 0.3 is 0 Å². The topological polar surface area (TPSA) is 54.3 Å². The highest BCUT2D eigenvalue weighted by atomic mass is 16.5. The Morgan fingerprint density at radius 2 is 2.13 bits per heavy atom. The average Bonchev–Trinajstić information content (AvgIpc) is 3.01. The molecule has 4 nitrogen and oxygen atoms in total. The zero-order valence-corrected chi connectivity index (χ0v) is 13.0. The molecule has 2 aromatic carbocycles. The van der Waals surface area contributed by atoms with Crippen LogP contribution in [0.1, 0.15) is 30.0 Å². The second-order valence-corrected chi connectivity index (χ2v) is 5.54. The van der Waals surface area contributed by atoms with Crippen molar-refractivity contribution in [2.75, 3.05) is 13.2 Å². The number of nitriles is 1. The van der Waals surface area contributed by atoms with E-state index in [0.717, 1.165) is 24.5 Å². The number of nitrogens with one attached hydrogen (secondary N) is 1. The second-order valence-electron chi connectivity index (χ2n) is 5.54. The Morgan fingerprint density at radius 1 is 1.22 bits per heavy atom. The normalized spacial score (nSPS) is 15.5. The standard InChI is InChI=1S/C19H20N2O2/c20-10-3-4-11-22-16-7-5-6-15(12-16)13-21-18-14-23-19-9-2-1-8-17(18)19/h1-2,5-9,12,18,21H,3-4,11,13-14H2. The van der Waals surface area contributed by atoms with Gasteiger partial charge in [0, 0.05) is 18.5 Å². The first-order chi connectivity index (χ1) is 11.4. The van der Waals surface area contributed by atoms with Crippen molar-refractivity contribution in [3.05, 3.63) is 59.7 Å². The molecule has 0 aliphatic carbocycles. The van der Waals surface area contributed by atoms with Gasteiger partial charge in [0.25, 0.3) is 0 Å². The fraction of sp³-hybridized carbons (Fsp3) is 0.316. The molecule has 1 unspecified atom stereocenters. The molecule has 1 atom stereocenters. The Balaban J connectivity index is 1.54. The molecular weight excluding hydrogens is 288 g/mol. The summed E-state index contributed by atoms with van der Waals surface area (Å²) in [6, 6.07) is 18.6. The molecule has 0 bridgehead atoms. The van der Waals surface area contributed by atoms with Crippen LogP contribution in [0, 0.1) is 11.3 Å². The van der Waals surface area contributed by atoms with E-state index < -0.39 is 0 Å². The lowest BCUT2D eigenvalue weighted by molar-refractivity contribution is 0.308. The van der Waals surface area contributed by atoms with Gasteiger partial charge in [0.05, 0.1) is 18.7 Å². The number of benzene rings is 2. The van der Waals surface area contributed by atoms with Crippen LogP contribution < -0.4 is 14.8 Å². The quantitative estimate of drug-likeness (QED) is 0.794. The van der Waals surface area contributed by atoms with E-state index in [1.165, 1.54) is 11.1 Å². The van der Waals surface area contributed by atoms with Gasteiger partial charge in [0.15, 0.2) is 0 Å². The third-order valence-electron chi connectivity index (χ3n) is 3.85. The van der Waals surface area contributed by atoms with E-state index in [1.807, 2.05) is 36.4 Å². The molecule has 0 saturated carbocycles. The summed E-state index contributed by atoms with van der Waals surface area (Å²) in [6.45, 7) is 2.01. The van der Waals surface area contributed by atoms with Crippen molar-refractivity contribution in [2.24, 2.45) is 0 Å². The molecule has 1 heterocycles. The summed E-state index contributed by atoms with van der Waals surface area (Å²) in [5, 5.41) is 12.1. The minimum absolute atomic E-state index is 0.228. The maximum Gasteiger partial charge on any atom is 0.124 e. The molecular formula is C19H20N2O2. The second kappa shape index (κ2) is 7.66. The van der Waals surface area contributed by atoms with Crippen LogP contribution in [0.15, 0.2) is 48.5 Å². The zero-order chi connectivity index (χ0) is 15.9. The van der Waals surface area contributed by atoms with E-state index in [0.29, 0.717) is 19.6 Å². The van der Waals surface area contributed by atoms with Gasteiger partial charge in [-0.1, -0.05) is 30.3 Å². The Morgan fingerprint density at radius 3 is 3.04 bits per heavy atom. The lowest BCUT2D eigenvalue weighted by Gasteiger charge is -2.12. The third-order valence-corrected chi connectivity index (χ3v) is 3.85. The highest BCUT2D eigenvalue weighted by Crippen LogP contribution is 2.31. The minimum Gasteiger partial charge on any atom is -0.494 e. The largest absolute Gasteiger partial charge is 0.494 e. The van der Waals surface area contributed by atoms with E-state index in [1.54, 1.807) is 0 Å². The minimum atomic E-state index is 0.228. The van der Waals surface area contributed by atoms with Gasteiger partial charge in [0.2, 0.25) is 0 Å². The molecule has 23 heavy (non-hydrogen) atoms. The van der Waals surface area contributed by atoms with Crippen LogP contribution in [0.4, 0.5) is 0 Å². The smallest absolute Gasteiger partial charge is 0.124 e. The first-order valence-electron chi connectivity index (χ1n) is 7.90. The maximum atomic E-state index is 8.53. The van der Waals surface area contributed by atoms with Crippen molar-refractivity contribution in [2.45, 2.75) is 25.4 Å². The summed E-state index contributed by atoms with van der Waals surface area (Å²) < 4.78 is 11.4. The van der Waals surface area contributed by atoms with Gasteiger partial charge in [-0.15, -0.1) is 0 Å². The number of unbranched alkanes of at least 4 members (excludes halogenated alkanes) is 1. The number of rotatable bonds is 7. The van der Waals surface area contributed by atoms with E-state index in [2.05, 4.69) is 23.5 Å². The van der Waals surface area contributed by atoms with Crippen molar-refractivity contribution >= 4 is 0 Å². The summed E-state index contributed by atoms with van der Waals surface area (Å²) in [5.74, 6) is 1.82. The van der Waals surface area contributed by atoms with Crippen LogP contribution in [0.2, 0.25) is 0 Å². The predicted octanol–water partition coefficient (Wildman–Crippen LogP) is 3.59. The Hall–Kier alpha value is -2.51. The van der Waals surface area contributed by atoms with E-state index in [-0.39, 0.29) is 6.04 Å². The molecule has 3 rings (SSSR count). The van der Waals surface area contributed by atoms with Gasteiger partial charge < -0.3 is 14.8 Å². The number of ether oxygens (including phenoxy) is 2. The van der Waals surface area contributed by atoms with Gasteiger partial charge in [0.1, 0.15) is 18.1 Å². The van der Waals surface area contributed by atoms with Gasteiger partial charge in [-0.05, 0) is 30.2 Å². The SMILES string of the molecule is N#CCCCOc1cccc(CNC2COc3ccccc32)c1. The fourth-order valence-corrected chi connectivity index (χ4v) is 2.66.